The number of rotatable bonds is 17. The van der Waals surface area contributed by atoms with E-state index in [1.54, 1.807) is 6.92 Å². The van der Waals surface area contributed by atoms with Gasteiger partial charge in [-0.25, -0.2) is 0 Å². The molecule has 0 amide bonds. The molecule has 0 saturated heterocycles. The first-order valence-electron chi connectivity index (χ1n) is 11.6. The molecule has 6 nitrogen and oxygen atoms in total. The van der Waals surface area contributed by atoms with Crippen molar-refractivity contribution in [3.05, 3.63) is 0 Å². The van der Waals surface area contributed by atoms with Crippen molar-refractivity contribution in [2.45, 2.75) is 118 Å². The molecule has 0 bridgehead atoms. The Morgan fingerprint density at radius 2 is 1.47 bits per heavy atom. The lowest BCUT2D eigenvalue weighted by Gasteiger charge is -2.22. The van der Waals surface area contributed by atoms with Gasteiger partial charge in [-0.1, -0.05) is 40.0 Å². The maximum absolute atomic E-state index is 11.6. The number of esters is 2. The monoisotopic (exact) mass is 428 g/mol. The van der Waals surface area contributed by atoms with Crippen LogP contribution in [0.25, 0.3) is 0 Å². The van der Waals surface area contributed by atoms with Crippen molar-refractivity contribution in [1.29, 1.82) is 0 Å². The Morgan fingerprint density at radius 3 is 2.03 bits per heavy atom. The van der Waals surface area contributed by atoms with Crippen molar-refractivity contribution in [3.63, 3.8) is 0 Å². The molecule has 0 aliphatic heterocycles. The third kappa shape index (κ3) is 17.3. The second kappa shape index (κ2) is 16.1. The molecule has 0 aliphatic carbocycles. The predicted molar refractivity (Wildman–Crippen MR) is 118 cm³/mol. The van der Waals surface area contributed by atoms with E-state index in [4.69, 9.17) is 9.47 Å². The van der Waals surface area contributed by atoms with E-state index in [1.165, 1.54) is 6.92 Å². The lowest BCUT2D eigenvalue weighted by Crippen LogP contribution is -2.19. The molecule has 0 saturated carbocycles. The summed E-state index contributed by atoms with van der Waals surface area (Å²) in [7, 11) is 0. The van der Waals surface area contributed by atoms with Gasteiger partial charge >= 0.3 is 17.9 Å². The zero-order valence-electron chi connectivity index (χ0n) is 19.8. The van der Waals surface area contributed by atoms with E-state index in [1.807, 2.05) is 0 Å². The largest absolute Gasteiger partial charge is 0.481 e. The highest BCUT2D eigenvalue weighted by Crippen LogP contribution is 2.25. The molecule has 0 aromatic heterocycles. The van der Waals surface area contributed by atoms with Gasteiger partial charge in [0.1, 0.15) is 6.10 Å². The fraction of sp³-hybridized carbons (Fsp3) is 0.875. The molecule has 0 aliphatic rings. The molecular weight excluding hydrogens is 384 g/mol. The molecule has 2 atom stereocenters. The minimum atomic E-state index is -0.752. The molecule has 30 heavy (non-hydrogen) atoms. The highest BCUT2D eigenvalue weighted by Gasteiger charge is 2.19. The second-order valence-corrected chi connectivity index (χ2v) is 9.41. The van der Waals surface area contributed by atoms with Crippen molar-refractivity contribution in [2.75, 3.05) is 6.61 Å². The molecule has 0 rings (SSSR count). The molecule has 6 heteroatoms. The van der Waals surface area contributed by atoms with Gasteiger partial charge in [-0.15, -0.1) is 0 Å². The van der Waals surface area contributed by atoms with Crippen LogP contribution in [0.1, 0.15) is 112 Å². The lowest BCUT2D eigenvalue weighted by molar-refractivity contribution is -0.148. The van der Waals surface area contributed by atoms with E-state index >= 15 is 0 Å². The fourth-order valence-corrected chi connectivity index (χ4v) is 3.59. The predicted octanol–water partition coefficient (Wildman–Crippen LogP) is 5.91. The summed E-state index contributed by atoms with van der Waals surface area (Å²) >= 11 is 0. The van der Waals surface area contributed by atoms with E-state index in [2.05, 4.69) is 20.8 Å². The van der Waals surface area contributed by atoms with E-state index < -0.39 is 5.97 Å². The Hall–Kier alpha value is -1.59. The number of carbonyl (C=O) groups excluding carboxylic acids is 2. The van der Waals surface area contributed by atoms with Crippen molar-refractivity contribution in [3.8, 4) is 0 Å². The number of hydrogen-bond donors (Lipinski definition) is 1. The Labute approximate surface area is 183 Å². The lowest BCUT2D eigenvalue weighted by atomic mass is 9.88. The second-order valence-electron chi connectivity index (χ2n) is 9.41. The Kier molecular flexibility index (Phi) is 15.3. The number of ether oxygens (including phenoxy) is 2. The minimum absolute atomic E-state index is 0.123. The van der Waals surface area contributed by atoms with Crippen LogP contribution in [-0.2, 0) is 23.9 Å². The SMILES string of the molecule is CCOC(=O)CCCCCCC(CCCC(CCCC(C)(C)C)OC(C)=O)C(=O)O. The quantitative estimate of drug-likeness (QED) is 0.229. The zero-order valence-corrected chi connectivity index (χ0v) is 19.8. The third-order valence-corrected chi connectivity index (χ3v) is 5.20. The maximum Gasteiger partial charge on any atom is 0.306 e. The summed E-state index contributed by atoms with van der Waals surface area (Å²) < 4.78 is 10.3. The number of hydrogen-bond acceptors (Lipinski definition) is 5. The summed E-state index contributed by atoms with van der Waals surface area (Å²) in [6.07, 6.45) is 9.38. The number of carbonyl (C=O) groups is 3. The molecule has 1 N–H and O–H groups in total. The minimum Gasteiger partial charge on any atom is -0.481 e. The van der Waals surface area contributed by atoms with Gasteiger partial charge in [-0.05, 0) is 63.7 Å². The molecule has 0 aromatic carbocycles. The normalized spacial score (nSPS) is 13.5. The van der Waals surface area contributed by atoms with Crippen molar-refractivity contribution < 1.29 is 29.0 Å². The molecule has 0 heterocycles. The topological polar surface area (TPSA) is 89.9 Å². The number of carboxylic acid groups (broad SMARTS) is 1. The summed E-state index contributed by atoms with van der Waals surface area (Å²) in [5, 5.41) is 9.50. The van der Waals surface area contributed by atoms with Gasteiger partial charge in [0.15, 0.2) is 0 Å². The number of carboxylic acids is 1. The van der Waals surface area contributed by atoms with Crippen LogP contribution in [-0.4, -0.2) is 35.7 Å². The molecule has 0 spiro atoms. The van der Waals surface area contributed by atoms with Gasteiger partial charge in [0.05, 0.1) is 12.5 Å². The fourth-order valence-electron chi connectivity index (χ4n) is 3.59. The van der Waals surface area contributed by atoms with Crippen LogP contribution in [0.2, 0.25) is 0 Å². The van der Waals surface area contributed by atoms with Crippen LogP contribution in [0.4, 0.5) is 0 Å². The smallest absolute Gasteiger partial charge is 0.306 e. The zero-order chi connectivity index (χ0) is 23.0. The Morgan fingerprint density at radius 1 is 0.867 bits per heavy atom. The van der Waals surface area contributed by atoms with Crippen LogP contribution in [0.15, 0.2) is 0 Å². The van der Waals surface area contributed by atoms with Gasteiger partial charge in [0, 0.05) is 13.3 Å². The third-order valence-electron chi connectivity index (χ3n) is 5.20. The van der Waals surface area contributed by atoms with Crippen molar-refractivity contribution in [2.24, 2.45) is 11.3 Å². The van der Waals surface area contributed by atoms with Crippen LogP contribution in [0, 0.1) is 11.3 Å². The average molecular weight is 429 g/mol. The first-order chi connectivity index (χ1) is 14.0. The average Bonchev–Trinajstić information content (AvgIpc) is 2.61. The molecule has 0 aromatic rings. The van der Waals surface area contributed by atoms with Crippen LogP contribution in [0.3, 0.4) is 0 Å². The molecular formula is C24H44O6. The van der Waals surface area contributed by atoms with Gasteiger partial charge in [-0.3, -0.25) is 14.4 Å². The van der Waals surface area contributed by atoms with Crippen LogP contribution < -0.4 is 0 Å². The van der Waals surface area contributed by atoms with E-state index in [-0.39, 0.29) is 29.4 Å². The first kappa shape index (κ1) is 28.4. The molecule has 0 fully saturated rings. The molecule has 176 valence electrons. The standard InChI is InChI=1S/C24H44O6/c1-6-29-22(26)17-10-8-7-9-13-20(23(27)28)14-11-15-21(30-19(2)25)16-12-18-24(3,4)5/h20-21H,6-18H2,1-5H3,(H,27,28). The number of aliphatic carboxylic acids is 1. The Balaban J connectivity index is 4.18. The van der Waals surface area contributed by atoms with Gasteiger partial charge in [0.2, 0.25) is 0 Å². The van der Waals surface area contributed by atoms with Crippen molar-refractivity contribution in [1.82, 2.24) is 0 Å². The van der Waals surface area contributed by atoms with Crippen molar-refractivity contribution >= 4 is 17.9 Å². The van der Waals surface area contributed by atoms with Gasteiger partial charge in [-0.2, -0.15) is 0 Å². The first-order valence-corrected chi connectivity index (χ1v) is 11.6. The highest BCUT2D eigenvalue weighted by atomic mass is 16.5. The van der Waals surface area contributed by atoms with Gasteiger partial charge < -0.3 is 14.6 Å². The van der Waals surface area contributed by atoms with E-state index in [9.17, 15) is 19.5 Å². The maximum atomic E-state index is 11.6. The summed E-state index contributed by atoms with van der Waals surface area (Å²) in [5.74, 6) is -1.54. The summed E-state index contributed by atoms with van der Waals surface area (Å²) in [6, 6.07) is 0. The summed E-state index contributed by atoms with van der Waals surface area (Å²) in [6.45, 7) is 10.2. The van der Waals surface area contributed by atoms with Gasteiger partial charge in [0.25, 0.3) is 0 Å². The molecule has 2 unspecified atom stereocenters. The molecule has 0 radical (unpaired) electrons. The van der Waals surface area contributed by atoms with E-state index in [0.29, 0.717) is 32.3 Å². The van der Waals surface area contributed by atoms with Crippen LogP contribution in [0.5, 0.6) is 0 Å². The van der Waals surface area contributed by atoms with Crippen LogP contribution >= 0.6 is 0 Å². The Bertz CT molecular complexity index is 494. The summed E-state index contributed by atoms with van der Waals surface area (Å²) in [4.78, 5) is 34.2. The highest BCUT2D eigenvalue weighted by molar-refractivity contribution is 5.70. The van der Waals surface area contributed by atoms with E-state index in [0.717, 1.165) is 51.4 Å². The summed E-state index contributed by atoms with van der Waals surface area (Å²) in [5.41, 5.74) is 0.255. The number of unbranched alkanes of at least 4 members (excludes halogenated alkanes) is 3.